The lowest BCUT2D eigenvalue weighted by Gasteiger charge is -2.20. The molecule has 0 saturated heterocycles. The average molecular weight is 909 g/mol. The molecule has 0 fully saturated rings. The molecule has 6 nitrogen and oxygen atoms in total. The molecule has 4 aromatic heterocycles. The molecule has 0 aliphatic rings. The number of hydrogen-bond donors (Lipinski definition) is 0. The zero-order valence-electron chi connectivity index (χ0n) is 37.0. The van der Waals surface area contributed by atoms with Gasteiger partial charge in [0, 0.05) is 56.3 Å². The molecule has 0 aliphatic carbocycles. The first-order chi connectivity index (χ1) is 34.2. The Kier molecular flexibility index (Phi) is 9.94. The van der Waals surface area contributed by atoms with Crippen LogP contribution in [-0.4, -0.2) is 19.1 Å². The Morgan fingerprint density at radius 2 is 0.929 bits per heavy atom. The van der Waals surface area contributed by atoms with Crippen LogP contribution in [0.1, 0.15) is 11.1 Å². The van der Waals surface area contributed by atoms with E-state index in [0.29, 0.717) is 16.9 Å². The molecule has 8 aromatic carbocycles. The van der Waals surface area contributed by atoms with Crippen LogP contribution in [0.5, 0.6) is 0 Å². The van der Waals surface area contributed by atoms with Crippen molar-refractivity contribution < 1.29 is 13.2 Å². The molecule has 0 saturated carbocycles. The fraction of sp³-hybridized carbons (Fsp3) is 0.0164. The number of alkyl halides is 3. The monoisotopic (exact) mass is 908 g/mol. The fourth-order valence-electron chi connectivity index (χ4n) is 9.84. The van der Waals surface area contributed by atoms with Crippen molar-refractivity contribution in [2.24, 2.45) is 0 Å². The van der Waals surface area contributed by atoms with Crippen LogP contribution in [0.3, 0.4) is 0 Å². The Morgan fingerprint density at radius 1 is 0.443 bits per heavy atom. The number of para-hydroxylation sites is 2. The highest BCUT2D eigenvalue weighted by Crippen LogP contribution is 2.45. The van der Waals surface area contributed by atoms with Crippen LogP contribution in [0.25, 0.3) is 116 Å². The summed E-state index contributed by atoms with van der Waals surface area (Å²) >= 11 is 0. The summed E-state index contributed by atoms with van der Waals surface area (Å²) in [6.07, 6.45) is -1.13. The maximum atomic E-state index is 14.8. The van der Waals surface area contributed by atoms with Crippen molar-refractivity contribution in [3.8, 4) is 73.3 Å². The Labute approximate surface area is 399 Å². The smallest absolute Gasteiger partial charge is 0.319 e. The summed E-state index contributed by atoms with van der Waals surface area (Å²) < 4.78 is 48.3. The van der Waals surface area contributed by atoms with Crippen molar-refractivity contribution in [2.45, 2.75) is 6.18 Å². The zero-order valence-corrected chi connectivity index (χ0v) is 37.0. The van der Waals surface area contributed by atoms with E-state index in [9.17, 15) is 18.4 Å². The summed E-state index contributed by atoms with van der Waals surface area (Å²) in [6.45, 7) is 8.75. The second-order valence-electron chi connectivity index (χ2n) is 17.1. The summed E-state index contributed by atoms with van der Waals surface area (Å²) in [6, 6.07) is 65.3. The molecule has 12 aromatic rings. The second kappa shape index (κ2) is 16.6. The van der Waals surface area contributed by atoms with E-state index in [1.165, 1.54) is 6.07 Å². The van der Waals surface area contributed by atoms with E-state index in [-0.39, 0.29) is 16.8 Å². The topological polar surface area (TPSA) is 63.8 Å². The third-order valence-electron chi connectivity index (χ3n) is 13.1. The Morgan fingerprint density at radius 3 is 1.44 bits per heavy atom. The van der Waals surface area contributed by atoms with E-state index in [2.05, 4.69) is 39.1 Å². The zero-order chi connectivity index (χ0) is 47.5. The van der Waals surface area contributed by atoms with Crippen molar-refractivity contribution in [3.05, 3.63) is 235 Å². The van der Waals surface area contributed by atoms with Gasteiger partial charge in [0.05, 0.1) is 62.9 Å². The van der Waals surface area contributed by atoms with Crippen LogP contribution in [0.15, 0.2) is 213 Å². The summed E-state index contributed by atoms with van der Waals surface area (Å²) in [5.41, 5.74) is 11.5. The molecule has 0 N–H and O–H groups in total. The molecular weight excluding hydrogens is 874 g/mol. The van der Waals surface area contributed by atoms with Gasteiger partial charge in [0.25, 0.3) is 0 Å². The number of benzene rings is 8. The molecule has 9 heteroatoms. The van der Waals surface area contributed by atoms with Gasteiger partial charge in [-0.2, -0.15) is 18.4 Å². The van der Waals surface area contributed by atoms with Crippen LogP contribution >= 0.6 is 0 Å². The molecule has 0 spiro atoms. The molecule has 330 valence electrons. The minimum Gasteiger partial charge on any atom is -0.319 e. The summed E-state index contributed by atoms with van der Waals surface area (Å²) in [7, 11) is 0. The molecule has 0 bridgehead atoms. The van der Waals surface area contributed by atoms with E-state index >= 15 is 0 Å². The molecule has 0 amide bonds. The summed E-state index contributed by atoms with van der Waals surface area (Å²) in [4.78, 5) is 13.4. The quantitative estimate of drug-likeness (QED) is 0.150. The fourth-order valence-corrected chi connectivity index (χ4v) is 9.84. The number of pyridine rings is 2. The largest absolute Gasteiger partial charge is 0.416 e. The van der Waals surface area contributed by atoms with Gasteiger partial charge in [0.15, 0.2) is 0 Å². The highest BCUT2D eigenvalue weighted by atomic mass is 19.4. The number of nitrogens with zero attached hydrogens (tertiary/aromatic N) is 6. The number of nitriles is 1. The average Bonchev–Trinajstić information content (AvgIpc) is 3.92. The molecule has 0 atom stereocenters. The predicted molar refractivity (Wildman–Crippen MR) is 274 cm³/mol. The normalized spacial score (nSPS) is 11.6. The van der Waals surface area contributed by atoms with Gasteiger partial charge in [-0.05, 0) is 119 Å². The van der Waals surface area contributed by atoms with Crippen molar-refractivity contribution in [3.63, 3.8) is 0 Å². The van der Waals surface area contributed by atoms with E-state index in [1.807, 2.05) is 167 Å². The Balaban J connectivity index is 1.10. The number of hydrogen-bond acceptors (Lipinski definition) is 3. The third kappa shape index (κ3) is 7.13. The maximum Gasteiger partial charge on any atom is 0.416 e. The van der Waals surface area contributed by atoms with E-state index in [1.54, 1.807) is 18.5 Å². The van der Waals surface area contributed by atoms with Crippen molar-refractivity contribution in [2.75, 3.05) is 0 Å². The summed E-state index contributed by atoms with van der Waals surface area (Å²) in [5.74, 6) is 0. The van der Waals surface area contributed by atoms with Crippen molar-refractivity contribution in [1.29, 1.82) is 5.26 Å². The molecular formula is C61H35F3N6. The first-order valence-electron chi connectivity index (χ1n) is 22.5. The summed E-state index contributed by atoms with van der Waals surface area (Å²) in [5, 5.41) is 13.9. The molecule has 0 unspecified atom stereocenters. The molecule has 70 heavy (non-hydrogen) atoms. The minimum absolute atomic E-state index is 0.137. The van der Waals surface area contributed by atoms with Gasteiger partial charge in [0.1, 0.15) is 0 Å². The molecule has 0 radical (unpaired) electrons. The van der Waals surface area contributed by atoms with Gasteiger partial charge in [-0.3, -0.25) is 9.97 Å². The van der Waals surface area contributed by atoms with Crippen LogP contribution in [0, 0.1) is 17.9 Å². The molecule has 4 heterocycles. The van der Waals surface area contributed by atoms with Gasteiger partial charge in [0.2, 0.25) is 5.69 Å². The van der Waals surface area contributed by atoms with Crippen LogP contribution in [0.4, 0.5) is 18.9 Å². The second-order valence-corrected chi connectivity index (χ2v) is 17.1. The van der Waals surface area contributed by atoms with Gasteiger partial charge < -0.3 is 9.13 Å². The number of halogens is 3. The highest BCUT2D eigenvalue weighted by Gasteiger charge is 2.32. The molecule has 0 aliphatic heterocycles. The lowest BCUT2D eigenvalue weighted by Crippen LogP contribution is -2.06. The van der Waals surface area contributed by atoms with E-state index in [4.69, 9.17) is 6.57 Å². The first kappa shape index (κ1) is 41.8. The number of fused-ring (bicyclic) bond motifs is 6. The Hall–Kier alpha value is -9.57. The SMILES string of the molecule is [C-]#[N+]c1cc(-n2c3ccccc3c3cc(-c4ccnc(-c5ccccc5)c4)ccc32)c(-c2cc(C#N)cc(C(F)(F)F)c2)cc1-n1c2ccccc2c2cc(-c3ccnc(-c4ccccc4)c3)ccc21. The van der Waals surface area contributed by atoms with Crippen molar-refractivity contribution >= 4 is 49.3 Å². The van der Waals surface area contributed by atoms with E-state index in [0.717, 1.165) is 101 Å². The third-order valence-corrected chi connectivity index (χ3v) is 13.1. The number of rotatable bonds is 7. The predicted octanol–water partition coefficient (Wildman–Crippen LogP) is 16.4. The van der Waals surface area contributed by atoms with Crippen LogP contribution in [-0.2, 0) is 6.18 Å². The standard InChI is InChI=1S/C61H35F3N6/c1-66-54-36-59(69-55-18-10-8-16-47(55)50-31-41(20-22-57(50)69)43-24-26-67-52(33-43)39-12-4-2-5-13-39)49(45-28-38(37-65)29-46(30-45)61(62,63)64)35-60(54)70-56-19-11-9-17-48(56)51-32-42(21-23-58(51)70)44-25-27-68-53(34-44)40-14-6-3-7-15-40/h2-36H. The van der Waals surface area contributed by atoms with Gasteiger partial charge in [-0.1, -0.05) is 109 Å². The highest BCUT2D eigenvalue weighted by molar-refractivity contribution is 6.13. The van der Waals surface area contributed by atoms with Gasteiger partial charge in [-0.15, -0.1) is 0 Å². The van der Waals surface area contributed by atoms with Gasteiger partial charge >= 0.3 is 6.18 Å². The van der Waals surface area contributed by atoms with Crippen LogP contribution in [0.2, 0.25) is 0 Å². The van der Waals surface area contributed by atoms with E-state index < -0.39 is 11.7 Å². The lowest BCUT2D eigenvalue weighted by atomic mass is 9.96. The Bertz CT molecular complexity index is 4140. The number of aromatic nitrogens is 4. The maximum absolute atomic E-state index is 14.8. The van der Waals surface area contributed by atoms with Gasteiger partial charge in [-0.25, -0.2) is 4.85 Å². The minimum atomic E-state index is -4.74. The lowest BCUT2D eigenvalue weighted by molar-refractivity contribution is -0.137. The molecule has 12 rings (SSSR count). The van der Waals surface area contributed by atoms with Crippen LogP contribution < -0.4 is 0 Å². The van der Waals surface area contributed by atoms with Crippen molar-refractivity contribution in [1.82, 2.24) is 19.1 Å². The first-order valence-corrected chi connectivity index (χ1v) is 22.5.